The van der Waals surface area contributed by atoms with Crippen molar-refractivity contribution in [2.45, 2.75) is 13.2 Å². The van der Waals surface area contributed by atoms with Gasteiger partial charge in [0.25, 0.3) is 5.91 Å². The fourth-order valence-electron chi connectivity index (χ4n) is 2.90. The van der Waals surface area contributed by atoms with E-state index in [1.54, 1.807) is 48.5 Å². The van der Waals surface area contributed by atoms with Crippen LogP contribution in [0, 0.1) is 17.1 Å². The molecule has 0 aliphatic heterocycles. The van der Waals surface area contributed by atoms with Gasteiger partial charge in [-0.2, -0.15) is 5.26 Å². The Labute approximate surface area is 184 Å². The molecule has 1 amide bonds. The number of rotatable bonds is 8. The van der Waals surface area contributed by atoms with Gasteiger partial charge in [0.15, 0.2) is 0 Å². The van der Waals surface area contributed by atoms with Crippen molar-refractivity contribution in [3.8, 4) is 6.07 Å². The van der Waals surface area contributed by atoms with Gasteiger partial charge in [0, 0.05) is 12.2 Å². The summed E-state index contributed by atoms with van der Waals surface area (Å²) >= 11 is 0. The summed E-state index contributed by atoms with van der Waals surface area (Å²) in [7, 11) is 1.19. The van der Waals surface area contributed by atoms with Gasteiger partial charge in [-0.3, -0.25) is 9.63 Å². The highest BCUT2D eigenvalue weighted by atomic mass is 19.1. The molecule has 3 aromatic carbocycles. The Kier molecular flexibility index (Phi) is 7.51. The predicted molar refractivity (Wildman–Crippen MR) is 115 cm³/mol. The third-order valence-electron chi connectivity index (χ3n) is 4.58. The average Bonchev–Trinajstić information content (AvgIpc) is 2.83. The van der Waals surface area contributed by atoms with E-state index in [-0.39, 0.29) is 18.7 Å². The minimum atomic E-state index is -0.761. The van der Waals surface area contributed by atoms with Crippen LogP contribution < -0.4 is 10.8 Å². The summed E-state index contributed by atoms with van der Waals surface area (Å²) < 4.78 is 18.4. The molecule has 32 heavy (non-hydrogen) atoms. The van der Waals surface area contributed by atoms with Crippen molar-refractivity contribution in [1.29, 1.82) is 5.26 Å². The molecule has 0 saturated heterocycles. The summed E-state index contributed by atoms with van der Waals surface area (Å²) in [6.07, 6.45) is 0. The number of anilines is 1. The SMILES string of the molecule is COC(=O)c1cc(CNc2ccccc2C(=O)NOCc2ccc(C#N)cc2)ccc1F. The highest BCUT2D eigenvalue weighted by molar-refractivity contribution is 5.99. The molecule has 7 nitrogen and oxygen atoms in total. The Morgan fingerprint density at radius 1 is 1.00 bits per heavy atom. The minimum Gasteiger partial charge on any atom is -0.465 e. The Balaban J connectivity index is 1.62. The first-order valence-electron chi connectivity index (χ1n) is 9.62. The van der Waals surface area contributed by atoms with E-state index in [0.717, 1.165) is 5.56 Å². The third kappa shape index (κ3) is 5.68. The van der Waals surface area contributed by atoms with E-state index in [1.165, 1.54) is 25.3 Å². The molecule has 162 valence electrons. The Hall–Kier alpha value is -4.22. The van der Waals surface area contributed by atoms with E-state index in [2.05, 4.69) is 15.5 Å². The molecule has 0 fully saturated rings. The fraction of sp³-hybridized carbons (Fsp3) is 0.125. The molecule has 0 spiro atoms. The number of esters is 1. The average molecular weight is 433 g/mol. The number of nitriles is 1. The zero-order valence-corrected chi connectivity index (χ0v) is 17.2. The van der Waals surface area contributed by atoms with Crippen molar-refractivity contribution in [3.63, 3.8) is 0 Å². The van der Waals surface area contributed by atoms with E-state index in [0.29, 0.717) is 22.4 Å². The number of carbonyl (C=O) groups excluding carboxylic acids is 2. The number of benzene rings is 3. The number of amides is 1. The zero-order valence-electron chi connectivity index (χ0n) is 17.2. The van der Waals surface area contributed by atoms with Gasteiger partial charge in [-0.25, -0.2) is 14.7 Å². The van der Waals surface area contributed by atoms with Crippen LogP contribution in [0.1, 0.15) is 37.4 Å². The van der Waals surface area contributed by atoms with Gasteiger partial charge in [0.1, 0.15) is 5.82 Å². The highest BCUT2D eigenvalue weighted by Crippen LogP contribution is 2.18. The molecule has 0 radical (unpaired) electrons. The lowest BCUT2D eigenvalue weighted by atomic mass is 10.1. The molecule has 8 heteroatoms. The number of nitrogens with one attached hydrogen (secondary N) is 2. The van der Waals surface area contributed by atoms with Gasteiger partial charge in [0.2, 0.25) is 0 Å². The quantitative estimate of drug-likeness (QED) is 0.412. The standard InChI is InChI=1S/C24H20FN3O4/c1-31-24(30)20-12-18(10-11-21(20)25)14-27-22-5-3-2-4-19(22)23(29)28-32-15-17-8-6-16(13-26)7-9-17/h2-12,27H,14-15H2,1H3,(H,28,29). The molecule has 0 unspecified atom stereocenters. The molecular weight excluding hydrogens is 413 g/mol. The number of hydroxylamine groups is 1. The largest absolute Gasteiger partial charge is 0.465 e. The van der Waals surface area contributed by atoms with Crippen molar-refractivity contribution in [1.82, 2.24) is 5.48 Å². The maximum atomic E-state index is 13.8. The fourth-order valence-corrected chi connectivity index (χ4v) is 2.90. The number of methoxy groups -OCH3 is 1. The summed E-state index contributed by atoms with van der Waals surface area (Å²) in [5.74, 6) is -1.88. The molecular formula is C24H20FN3O4. The number of nitrogens with zero attached hydrogens (tertiary/aromatic N) is 1. The molecule has 0 aliphatic carbocycles. The van der Waals surface area contributed by atoms with Crippen LogP contribution in [-0.4, -0.2) is 19.0 Å². The second kappa shape index (κ2) is 10.7. The van der Waals surface area contributed by atoms with Crippen LogP contribution in [0.4, 0.5) is 10.1 Å². The van der Waals surface area contributed by atoms with Crippen molar-refractivity contribution in [2.24, 2.45) is 0 Å². The Bertz CT molecular complexity index is 1160. The Morgan fingerprint density at radius 2 is 1.72 bits per heavy atom. The molecule has 3 rings (SSSR count). The number of ether oxygens (including phenoxy) is 1. The van der Waals surface area contributed by atoms with Crippen LogP contribution in [0.2, 0.25) is 0 Å². The van der Waals surface area contributed by atoms with E-state index < -0.39 is 17.7 Å². The Morgan fingerprint density at radius 3 is 2.44 bits per heavy atom. The summed E-state index contributed by atoms with van der Waals surface area (Å²) in [6, 6.07) is 19.8. The maximum Gasteiger partial charge on any atom is 0.340 e. The predicted octanol–water partition coefficient (Wildman–Crippen LogP) is 3.96. The van der Waals surface area contributed by atoms with Gasteiger partial charge in [0.05, 0.1) is 36.5 Å². The second-order valence-electron chi connectivity index (χ2n) is 6.73. The van der Waals surface area contributed by atoms with Crippen LogP contribution in [0.25, 0.3) is 0 Å². The van der Waals surface area contributed by atoms with E-state index in [9.17, 15) is 14.0 Å². The van der Waals surface area contributed by atoms with E-state index in [1.807, 2.05) is 6.07 Å². The number of carbonyl (C=O) groups is 2. The lowest BCUT2D eigenvalue weighted by Crippen LogP contribution is -2.24. The van der Waals surface area contributed by atoms with Crippen LogP contribution in [-0.2, 0) is 22.7 Å². The summed E-state index contributed by atoms with van der Waals surface area (Å²) in [4.78, 5) is 29.5. The lowest BCUT2D eigenvalue weighted by Gasteiger charge is -2.13. The number of halogens is 1. The monoisotopic (exact) mass is 433 g/mol. The summed E-state index contributed by atoms with van der Waals surface area (Å²) in [5.41, 5.74) is 5.11. The van der Waals surface area contributed by atoms with Crippen molar-refractivity contribution in [2.75, 3.05) is 12.4 Å². The van der Waals surface area contributed by atoms with Gasteiger partial charge in [-0.05, 0) is 47.5 Å². The topological polar surface area (TPSA) is 100 Å². The number of hydrogen-bond donors (Lipinski definition) is 2. The smallest absolute Gasteiger partial charge is 0.340 e. The van der Waals surface area contributed by atoms with Crippen LogP contribution in [0.3, 0.4) is 0 Å². The zero-order chi connectivity index (χ0) is 22.9. The van der Waals surface area contributed by atoms with E-state index >= 15 is 0 Å². The first-order valence-corrected chi connectivity index (χ1v) is 9.62. The molecule has 0 aliphatic rings. The normalized spacial score (nSPS) is 10.2. The highest BCUT2D eigenvalue weighted by Gasteiger charge is 2.14. The minimum absolute atomic E-state index is 0.138. The van der Waals surface area contributed by atoms with Crippen molar-refractivity contribution < 1.29 is 23.6 Å². The van der Waals surface area contributed by atoms with Gasteiger partial charge >= 0.3 is 5.97 Å². The van der Waals surface area contributed by atoms with Gasteiger partial charge < -0.3 is 10.1 Å². The molecule has 3 aromatic rings. The molecule has 0 heterocycles. The number of hydrogen-bond acceptors (Lipinski definition) is 6. The lowest BCUT2D eigenvalue weighted by molar-refractivity contribution is 0.0234. The number of para-hydroxylation sites is 1. The molecule has 0 saturated carbocycles. The van der Waals surface area contributed by atoms with Gasteiger partial charge in [-0.1, -0.05) is 30.3 Å². The van der Waals surface area contributed by atoms with Crippen molar-refractivity contribution in [3.05, 3.63) is 100 Å². The van der Waals surface area contributed by atoms with Crippen LogP contribution in [0.15, 0.2) is 66.7 Å². The summed E-state index contributed by atoms with van der Waals surface area (Å²) in [6.45, 7) is 0.388. The second-order valence-corrected chi connectivity index (χ2v) is 6.73. The van der Waals surface area contributed by atoms with Crippen LogP contribution >= 0.6 is 0 Å². The van der Waals surface area contributed by atoms with Gasteiger partial charge in [-0.15, -0.1) is 0 Å². The van der Waals surface area contributed by atoms with E-state index in [4.69, 9.17) is 10.1 Å². The molecule has 0 aromatic heterocycles. The first-order chi connectivity index (χ1) is 15.5. The third-order valence-corrected chi connectivity index (χ3v) is 4.58. The molecule has 0 bridgehead atoms. The molecule has 2 N–H and O–H groups in total. The maximum absolute atomic E-state index is 13.8. The first kappa shape index (κ1) is 22.5. The molecule has 0 atom stereocenters. The summed E-state index contributed by atoms with van der Waals surface area (Å²) in [5, 5.41) is 11.9. The van der Waals surface area contributed by atoms with Crippen LogP contribution in [0.5, 0.6) is 0 Å². The van der Waals surface area contributed by atoms with Crippen molar-refractivity contribution >= 4 is 17.6 Å².